The summed E-state index contributed by atoms with van der Waals surface area (Å²) >= 11 is 0. The van der Waals surface area contributed by atoms with E-state index in [9.17, 15) is 23.3 Å². The van der Waals surface area contributed by atoms with E-state index in [1.165, 1.54) is 18.2 Å². The number of nitriles is 1. The van der Waals surface area contributed by atoms with Gasteiger partial charge in [-0.2, -0.15) is 18.4 Å². The Hall–Kier alpha value is -3.15. The van der Waals surface area contributed by atoms with Crippen LogP contribution in [0.4, 0.5) is 24.7 Å². The van der Waals surface area contributed by atoms with Gasteiger partial charge < -0.3 is 5.32 Å². The summed E-state index contributed by atoms with van der Waals surface area (Å²) in [5.41, 5.74) is -1.22. The Morgan fingerprint density at radius 1 is 1.30 bits per heavy atom. The zero-order valence-corrected chi connectivity index (χ0v) is 11.5. The number of rotatable bonds is 4. The number of anilines is 1. The summed E-state index contributed by atoms with van der Waals surface area (Å²) in [7, 11) is 0. The number of pyridine rings is 1. The molecule has 0 atom stereocenters. The molecule has 0 aliphatic rings. The van der Waals surface area contributed by atoms with E-state index < -0.39 is 22.4 Å². The van der Waals surface area contributed by atoms with Crippen molar-refractivity contribution in [1.82, 2.24) is 4.98 Å². The lowest BCUT2D eigenvalue weighted by atomic mass is 10.1. The lowest BCUT2D eigenvalue weighted by molar-refractivity contribution is -0.385. The Morgan fingerprint density at radius 3 is 2.65 bits per heavy atom. The molecule has 2 aromatic rings. The van der Waals surface area contributed by atoms with Crippen LogP contribution in [-0.4, -0.2) is 9.91 Å². The van der Waals surface area contributed by atoms with Crippen molar-refractivity contribution in [2.45, 2.75) is 12.7 Å². The molecule has 0 aliphatic heterocycles. The number of halogens is 3. The van der Waals surface area contributed by atoms with Crippen molar-refractivity contribution in [3.05, 3.63) is 63.3 Å². The van der Waals surface area contributed by atoms with Crippen molar-refractivity contribution in [1.29, 1.82) is 5.26 Å². The summed E-state index contributed by atoms with van der Waals surface area (Å²) < 4.78 is 37.9. The van der Waals surface area contributed by atoms with E-state index >= 15 is 0 Å². The van der Waals surface area contributed by atoms with E-state index in [0.717, 1.165) is 18.2 Å². The molecule has 0 aliphatic carbocycles. The average Bonchev–Trinajstić information content (AvgIpc) is 2.52. The lowest BCUT2D eigenvalue weighted by Crippen LogP contribution is -2.07. The van der Waals surface area contributed by atoms with Gasteiger partial charge in [-0.25, -0.2) is 4.98 Å². The fourth-order valence-electron chi connectivity index (χ4n) is 1.83. The molecule has 0 bridgehead atoms. The number of nitro groups is 1. The quantitative estimate of drug-likeness (QED) is 0.687. The first-order chi connectivity index (χ1) is 10.8. The fourth-order valence-corrected chi connectivity index (χ4v) is 1.83. The highest BCUT2D eigenvalue weighted by atomic mass is 19.4. The first kappa shape index (κ1) is 16.2. The second-order valence-electron chi connectivity index (χ2n) is 4.48. The van der Waals surface area contributed by atoms with Crippen LogP contribution in [0.2, 0.25) is 0 Å². The highest BCUT2D eigenvalue weighted by Gasteiger charge is 2.30. The second kappa shape index (κ2) is 6.31. The standard InChI is InChI=1S/C14H9F3N4O2/c15-14(16,17)10-3-1-2-9(6-10)8-19-13-5-4-12(21(22)23)11(7-18)20-13/h1-6H,8H2,(H,19,20). The van der Waals surface area contributed by atoms with Crippen LogP contribution in [0.1, 0.15) is 16.8 Å². The van der Waals surface area contributed by atoms with E-state index in [1.807, 2.05) is 0 Å². The van der Waals surface area contributed by atoms with Crippen molar-refractivity contribution in [2.75, 3.05) is 5.32 Å². The van der Waals surface area contributed by atoms with Crippen LogP contribution < -0.4 is 5.32 Å². The molecule has 118 valence electrons. The Bertz CT molecular complexity index is 784. The van der Waals surface area contributed by atoms with Crippen molar-refractivity contribution < 1.29 is 18.1 Å². The van der Waals surface area contributed by atoms with Crippen molar-refractivity contribution in [2.24, 2.45) is 0 Å². The van der Waals surface area contributed by atoms with E-state index in [0.29, 0.717) is 5.56 Å². The first-order valence-electron chi connectivity index (χ1n) is 6.27. The maximum absolute atomic E-state index is 12.6. The van der Waals surface area contributed by atoms with Gasteiger partial charge in [-0.1, -0.05) is 12.1 Å². The zero-order chi connectivity index (χ0) is 17.0. The Morgan fingerprint density at radius 2 is 2.04 bits per heavy atom. The van der Waals surface area contributed by atoms with Crippen LogP contribution in [0.15, 0.2) is 36.4 Å². The van der Waals surface area contributed by atoms with Crippen LogP contribution in [0.3, 0.4) is 0 Å². The van der Waals surface area contributed by atoms with Gasteiger partial charge in [0.15, 0.2) is 0 Å². The van der Waals surface area contributed by atoms with Gasteiger partial charge in [0, 0.05) is 12.6 Å². The van der Waals surface area contributed by atoms with E-state index in [4.69, 9.17) is 5.26 Å². The molecule has 0 fully saturated rings. The van der Waals surface area contributed by atoms with Gasteiger partial charge in [0.05, 0.1) is 10.5 Å². The van der Waals surface area contributed by atoms with E-state index in [2.05, 4.69) is 10.3 Å². The van der Waals surface area contributed by atoms with Gasteiger partial charge in [0.25, 0.3) is 0 Å². The minimum Gasteiger partial charge on any atom is -0.366 e. The van der Waals surface area contributed by atoms with E-state index in [-0.39, 0.29) is 18.1 Å². The maximum atomic E-state index is 12.6. The number of alkyl halides is 3. The monoisotopic (exact) mass is 322 g/mol. The third kappa shape index (κ3) is 3.94. The minimum absolute atomic E-state index is 0.0274. The smallest absolute Gasteiger partial charge is 0.366 e. The van der Waals surface area contributed by atoms with Gasteiger partial charge in [0.1, 0.15) is 11.9 Å². The maximum Gasteiger partial charge on any atom is 0.416 e. The summed E-state index contributed by atoms with van der Waals surface area (Å²) in [6.45, 7) is 0.0274. The molecule has 23 heavy (non-hydrogen) atoms. The summed E-state index contributed by atoms with van der Waals surface area (Å²) in [5, 5.41) is 22.3. The third-order valence-electron chi connectivity index (χ3n) is 2.90. The second-order valence-corrected chi connectivity index (χ2v) is 4.48. The molecule has 0 radical (unpaired) electrons. The van der Waals surface area contributed by atoms with Gasteiger partial charge in [-0.15, -0.1) is 0 Å². The molecule has 2 rings (SSSR count). The van der Waals surface area contributed by atoms with Crippen molar-refractivity contribution >= 4 is 11.5 Å². The largest absolute Gasteiger partial charge is 0.416 e. The predicted molar refractivity (Wildman–Crippen MR) is 74.4 cm³/mol. The van der Waals surface area contributed by atoms with Crippen LogP contribution in [-0.2, 0) is 12.7 Å². The van der Waals surface area contributed by atoms with Crippen LogP contribution >= 0.6 is 0 Å². The Labute approximate surface area is 128 Å². The molecule has 0 saturated heterocycles. The van der Waals surface area contributed by atoms with Crippen LogP contribution in [0.25, 0.3) is 0 Å². The van der Waals surface area contributed by atoms with Gasteiger partial charge in [0.2, 0.25) is 5.69 Å². The number of nitrogens with one attached hydrogen (secondary N) is 1. The Balaban J connectivity index is 2.16. The Kier molecular flexibility index (Phi) is 4.45. The topological polar surface area (TPSA) is 91.8 Å². The lowest BCUT2D eigenvalue weighted by Gasteiger charge is -2.10. The highest BCUT2D eigenvalue weighted by molar-refractivity contribution is 5.50. The third-order valence-corrected chi connectivity index (χ3v) is 2.90. The molecule has 0 saturated carbocycles. The zero-order valence-electron chi connectivity index (χ0n) is 11.5. The molecule has 1 N–H and O–H groups in total. The number of aromatic nitrogens is 1. The highest BCUT2D eigenvalue weighted by Crippen LogP contribution is 2.29. The predicted octanol–water partition coefficient (Wildman–Crippen LogP) is 3.49. The van der Waals surface area contributed by atoms with Crippen LogP contribution in [0, 0.1) is 21.4 Å². The molecule has 1 aromatic heterocycles. The molecule has 1 aromatic carbocycles. The molecule has 0 spiro atoms. The number of hydrogen-bond acceptors (Lipinski definition) is 5. The summed E-state index contributed by atoms with van der Waals surface area (Å²) in [5.74, 6) is 0.157. The molecular weight excluding hydrogens is 313 g/mol. The van der Waals surface area contributed by atoms with Gasteiger partial charge in [-0.05, 0) is 23.8 Å². The van der Waals surface area contributed by atoms with E-state index in [1.54, 1.807) is 6.07 Å². The van der Waals surface area contributed by atoms with Crippen LogP contribution in [0.5, 0.6) is 0 Å². The molecular formula is C14H9F3N4O2. The SMILES string of the molecule is N#Cc1nc(NCc2cccc(C(F)(F)F)c2)ccc1[N+](=O)[O-]. The summed E-state index contributed by atoms with van der Waals surface area (Å²) in [6, 6.07) is 8.73. The molecule has 6 nitrogen and oxygen atoms in total. The normalized spacial score (nSPS) is 10.9. The average molecular weight is 322 g/mol. The van der Waals surface area contributed by atoms with Gasteiger partial charge >= 0.3 is 11.9 Å². The first-order valence-corrected chi connectivity index (χ1v) is 6.27. The molecule has 0 unspecified atom stereocenters. The summed E-state index contributed by atoms with van der Waals surface area (Å²) in [6.07, 6.45) is -4.43. The van der Waals surface area contributed by atoms with Crippen molar-refractivity contribution in [3.8, 4) is 6.07 Å². The number of benzene rings is 1. The molecule has 1 heterocycles. The fraction of sp³-hybridized carbons (Fsp3) is 0.143. The summed E-state index contributed by atoms with van der Waals surface area (Å²) in [4.78, 5) is 13.7. The number of nitrogens with zero attached hydrogens (tertiary/aromatic N) is 3. The molecule has 0 amide bonds. The van der Waals surface area contributed by atoms with Gasteiger partial charge in [-0.3, -0.25) is 10.1 Å². The molecule has 9 heteroatoms. The minimum atomic E-state index is -4.43. The number of hydrogen-bond donors (Lipinski definition) is 1. The van der Waals surface area contributed by atoms with Crippen molar-refractivity contribution in [3.63, 3.8) is 0 Å².